The molecular weight excluding hydrogens is 286 g/mol. The molecule has 0 bridgehead atoms. The predicted octanol–water partition coefficient (Wildman–Crippen LogP) is 2.98. The molecule has 0 fully saturated rings. The van der Waals surface area contributed by atoms with Crippen LogP contribution in [0.15, 0.2) is 41.0 Å². The number of benzene rings is 1. The molecule has 114 valence electrons. The van der Waals surface area contributed by atoms with E-state index in [1.807, 2.05) is 13.0 Å². The van der Waals surface area contributed by atoms with Gasteiger partial charge in [-0.3, -0.25) is 10.1 Å². The average molecular weight is 301 g/mol. The van der Waals surface area contributed by atoms with Gasteiger partial charge in [-0.15, -0.1) is 0 Å². The van der Waals surface area contributed by atoms with Gasteiger partial charge in [-0.2, -0.15) is 5.26 Å². The second-order valence-corrected chi connectivity index (χ2v) is 4.91. The van der Waals surface area contributed by atoms with Crippen molar-refractivity contribution >= 4 is 11.4 Å². The third kappa shape index (κ3) is 3.62. The Balaban J connectivity index is 2.04. The molecule has 2 atom stereocenters. The van der Waals surface area contributed by atoms with Gasteiger partial charge in [0.05, 0.1) is 11.2 Å². The van der Waals surface area contributed by atoms with Gasteiger partial charge in [0.2, 0.25) is 0 Å². The summed E-state index contributed by atoms with van der Waals surface area (Å²) in [4.78, 5) is 10.2. The Hall–Kier alpha value is -2.85. The first-order valence-corrected chi connectivity index (χ1v) is 6.67. The van der Waals surface area contributed by atoms with Gasteiger partial charge in [-0.05, 0) is 31.2 Å². The summed E-state index contributed by atoms with van der Waals surface area (Å²) in [5.41, 5.74) is 0.353. The normalized spacial score (nSPS) is 13.1. The van der Waals surface area contributed by atoms with E-state index < -0.39 is 11.0 Å². The molecule has 0 aliphatic heterocycles. The number of furan rings is 1. The van der Waals surface area contributed by atoms with Crippen molar-refractivity contribution in [2.45, 2.75) is 25.5 Å². The van der Waals surface area contributed by atoms with Crippen LogP contribution in [0.25, 0.3) is 0 Å². The van der Waals surface area contributed by atoms with Crippen LogP contribution in [0, 0.1) is 21.4 Å². The summed E-state index contributed by atoms with van der Waals surface area (Å²) in [5.74, 6) is 0.482. The van der Waals surface area contributed by atoms with Crippen molar-refractivity contribution in [1.29, 1.82) is 5.26 Å². The zero-order chi connectivity index (χ0) is 16.1. The minimum absolute atomic E-state index is 0.00576. The van der Waals surface area contributed by atoms with E-state index in [0.717, 1.165) is 0 Å². The molecule has 7 heteroatoms. The summed E-state index contributed by atoms with van der Waals surface area (Å²) in [6.07, 6.45) is 1.14. The molecule has 0 aliphatic rings. The first-order chi connectivity index (χ1) is 10.5. The predicted molar refractivity (Wildman–Crippen MR) is 79.2 cm³/mol. The lowest BCUT2D eigenvalue weighted by atomic mass is 10.1. The zero-order valence-corrected chi connectivity index (χ0v) is 11.9. The van der Waals surface area contributed by atoms with Crippen LogP contribution in [0.4, 0.5) is 11.4 Å². The standard InChI is InChI=1S/C15H15N3O4/c1-10(7-14(19)15-3-2-6-22-15)17-12-4-5-13(18(20)21)11(8-12)9-16/h2-6,8,10,14,17,19H,7H2,1H3/t10-,14-/m1/s1. The molecule has 2 rings (SSSR count). The molecule has 2 N–H and O–H groups in total. The zero-order valence-electron chi connectivity index (χ0n) is 11.9. The van der Waals surface area contributed by atoms with Crippen molar-refractivity contribution in [2.24, 2.45) is 0 Å². The van der Waals surface area contributed by atoms with Gasteiger partial charge in [0, 0.05) is 24.2 Å². The van der Waals surface area contributed by atoms with Gasteiger partial charge in [-0.1, -0.05) is 0 Å². The smallest absolute Gasteiger partial charge is 0.287 e. The SMILES string of the molecule is C[C@H](C[C@@H](O)c1ccco1)Nc1ccc([N+](=O)[O-])c(C#N)c1. The summed E-state index contributed by atoms with van der Waals surface area (Å²) in [7, 11) is 0. The summed E-state index contributed by atoms with van der Waals surface area (Å²) < 4.78 is 5.13. The van der Waals surface area contributed by atoms with Crippen molar-refractivity contribution in [1.82, 2.24) is 0 Å². The molecular formula is C15H15N3O4. The fraction of sp³-hybridized carbons (Fsp3) is 0.267. The fourth-order valence-corrected chi connectivity index (χ4v) is 2.15. The van der Waals surface area contributed by atoms with Crippen LogP contribution in [0.2, 0.25) is 0 Å². The van der Waals surface area contributed by atoms with Gasteiger partial charge >= 0.3 is 0 Å². The maximum atomic E-state index is 10.8. The van der Waals surface area contributed by atoms with Gasteiger partial charge in [-0.25, -0.2) is 0 Å². The highest BCUT2D eigenvalue weighted by Gasteiger charge is 2.17. The third-order valence-corrected chi connectivity index (χ3v) is 3.18. The van der Waals surface area contributed by atoms with Crippen LogP contribution in [0.5, 0.6) is 0 Å². The van der Waals surface area contributed by atoms with Crippen molar-refractivity contribution in [2.75, 3.05) is 5.32 Å². The quantitative estimate of drug-likeness (QED) is 0.626. The van der Waals surface area contributed by atoms with Crippen molar-refractivity contribution in [3.63, 3.8) is 0 Å². The lowest BCUT2D eigenvalue weighted by Gasteiger charge is -2.18. The highest BCUT2D eigenvalue weighted by molar-refractivity contribution is 5.58. The van der Waals surface area contributed by atoms with Crippen molar-refractivity contribution in [3.05, 3.63) is 58.0 Å². The Morgan fingerprint density at radius 2 is 2.27 bits per heavy atom. The lowest BCUT2D eigenvalue weighted by molar-refractivity contribution is -0.385. The molecule has 22 heavy (non-hydrogen) atoms. The van der Waals surface area contributed by atoms with E-state index in [-0.39, 0.29) is 17.3 Å². The van der Waals surface area contributed by atoms with Crippen molar-refractivity contribution in [3.8, 4) is 6.07 Å². The Morgan fingerprint density at radius 1 is 1.50 bits per heavy atom. The van der Waals surface area contributed by atoms with E-state index in [9.17, 15) is 15.2 Å². The molecule has 2 aromatic rings. The molecule has 0 aliphatic carbocycles. The van der Waals surface area contributed by atoms with E-state index in [4.69, 9.17) is 9.68 Å². The van der Waals surface area contributed by atoms with Crippen LogP contribution in [0.3, 0.4) is 0 Å². The van der Waals surface area contributed by atoms with Crippen LogP contribution in [-0.4, -0.2) is 16.1 Å². The van der Waals surface area contributed by atoms with Gasteiger partial charge < -0.3 is 14.8 Å². The highest BCUT2D eigenvalue weighted by Crippen LogP contribution is 2.24. The summed E-state index contributed by atoms with van der Waals surface area (Å²) in [6, 6.07) is 9.33. The Bertz CT molecular complexity index is 691. The topological polar surface area (TPSA) is 112 Å². The number of nitrogens with zero attached hydrogens (tertiary/aromatic N) is 2. The molecule has 1 aromatic heterocycles. The lowest BCUT2D eigenvalue weighted by Crippen LogP contribution is -2.18. The molecule has 7 nitrogen and oxygen atoms in total. The molecule has 0 amide bonds. The van der Waals surface area contributed by atoms with Crippen LogP contribution in [-0.2, 0) is 0 Å². The monoisotopic (exact) mass is 301 g/mol. The first kappa shape index (κ1) is 15.5. The second-order valence-electron chi connectivity index (χ2n) is 4.91. The number of aliphatic hydroxyl groups excluding tert-OH is 1. The van der Waals surface area contributed by atoms with Crippen LogP contribution >= 0.6 is 0 Å². The van der Waals surface area contributed by atoms with Crippen molar-refractivity contribution < 1.29 is 14.4 Å². The Morgan fingerprint density at radius 3 is 2.86 bits per heavy atom. The summed E-state index contributed by atoms with van der Waals surface area (Å²) in [5, 5.41) is 32.8. The number of nitro groups is 1. The van der Waals surface area contributed by atoms with Gasteiger partial charge in [0.25, 0.3) is 5.69 Å². The number of rotatable bonds is 6. The fourth-order valence-electron chi connectivity index (χ4n) is 2.15. The number of nitriles is 1. The summed E-state index contributed by atoms with van der Waals surface area (Å²) >= 11 is 0. The first-order valence-electron chi connectivity index (χ1n) is 6.67. The van der Waals surface area contributed by atoms with E-state index >= 15 is 0 Å². The van der Waals surface area contributed by atoms with Gasteiger partial charge in [0.1, 0.15) is 23.5 Å². The number of nitrogens with one attached hydrogen (secondary N) is 1. The summed E-state index contributed by atoms with van der Waals surface area (Å²) in [6.45, 7) is 1.86. The minimum atomic E-state index is -0.744. The van der Waals surface area contributed by atoms with E-state index in [1.54, 1.807) is 12.1 Å². The van der Waals surface area contributed by atoms with Gasteiger partial charge in [0.15, 0.2) is 0 Å². The number of aliphatic hydroxyl groups is 1. The average Bonchev–Trinajstić information content (AvgIpc) is 3.00. The van der Waals surface area contributed by atoms with Crippen LogP contribution < -0.4 is 5.32 Å². The largest absolute Gasteiger partial charge is 0.467 e. The van der Waals surface area contributed by atoms with E-state index in [2.05, 4.69) is 5.32 Å². The minimum Gasteiger partial charge on any atom is -0.467 e. The highest BCUT2D eigenvalue weighted by atomic mass is 16.6. The number of nitro benzene ring substituents is 1. The molecule has 0 spiro atoms. The Labute approximate surface area is 126 Å². The number of hydrogen-bond donors (Lipinski definition) is 2. The maximum absolute atomic E-state index is 10.8. The molecule has 0 unspecified atom stereocenters. The maximum Gasteiger partial charge on any atom is 0.287 e. The third-order valence-electron chi connectivity index (χ3n) is 3.18. The van der Waals surface area contributed by atoms with Crippen LogP contribution in [0.1, 0.15) is 30.8 Å². The van der Waals surface area contributed by atoms with E-state index in [1.165, 1.54) is 24.5 Å². The Kier molecular flexibility index (Phi) is 4.76. The molecule has 0 saturated heterocycles. The molecule has 1 heterocycles. The number of hydrogen-bond acceptors (Lipinski definition) is 6. The second kappa shape index (κ2) is 6.74. The molecule has 1 aromatic carbocycles. The van der Waals surface area contributed by atoms with E-state index in [0.29, 0.717) is 17.9 Å². The molecule has 0 radical (unpaired) electrons. The number of anilines is 1. The molecule has 0 saturated carbocycles.